The molecular formula is C24H28N2O6. The SMILES string of the molecule is CCn1c(C)cc(O)c(C(c2ccc(O)c(OC)c2)c2c(O)cc(C)n(CC)c2=O)c1=O. The van der Waals surface area contributed by atoms with Crippen molar-refractivity contribution in [3.8, 4) is 23.0 Å². The summed E-state index contributed by atoms with van der Waals surface area (Å²) in [5.74, 6) is -1.64. The third-order valence-electron chi connectivity index (χ3n) is 5.79. The molecule has 0 amide bonds. The fraction of sp³-hybridized carbons (Fsp3) is 0.333. The lowest BCUT2D eigenvalue weighted by Crippen LogP contribution is -2.32. The molecule has 1 aromatic carbocycles. The molecule has 0 aliphatic rings. The second-order valence-electron chi connectivity index (χ2n) is 7.63. The maximum absolute atomic E-state index is 13.4. The van der Waals surface area contributed by atoms with Gasteiger partial charge < -0.3 is 29.2 Å². The molecule has 2 aromatic heterocycles. The molecule has 8 nitrogen and oxygen atoms in total. The highest BCUT2D eigenvalue weighted by molar-refractivity contribution is 5.55. The van der Waals surface area contributed by atoms with E-state index in [4.69, 9.17) is 4.74 Å². The molecule has 3 rings (SSSR count). The van der Waals surface area contributed by atoms with Crippen LogP contribution in [-0.2, 0) is 13.1 Å². The molecule has 0 bridgehead atoms. The summed E-state index contributed by atoms with van der Waals surface area (Å²) in [4.78, 5) is 26.9. The predicted octanol–water partition coefficient (Wildman–Crippen LogP) is 2.97. The zero-order valence-electron chi connectivity index (χ0n) is 18.8. The number of aromatic nitrogens is 2. The van der Waals surface area contributed by atoms with Gasteiger partial charge in [-0.1, -0.05) is 6.07 Å². The molecule has 0 fully saturated rings. The Balaban J connectivity index is 2.50. The summed E-state index contributed by atoms with van der Waals surface area (Å²) in [6.45, 7) is 7.76. The van der Waals surface area contributed by atoms with Crippen molar-refractivity contribution in [2.24, 2.45) is 0 Å². The zero-order chi connectivity index (χ0) is 23.7. The second-order valence-corrected chi connectivity index (χ2v) is 7.63. The molecule has 0 aliphatic carbocycles. The normalized spacial score (nSPS) is 11.2. The number of nitrogens with zero attached hydrogens (tertiary/aromatic N) is 2. The minimum absolute atomic E-state index is 0.0379. The molecular weight excluding hydrogens is 412 g/mol. The van der Waals surface area contributed by atoms with Gasteiger partial charge in [0.25, 0.3) is 11.1 Å². The summed E-state index contributed by atoms with van der Waals surface area (Å²) in [7, 11) is 1.38. The number of aromatic hydroxyl groups is 3. The molecule has 32 heavy (non-hydrogen) atoms. The Hall–Kier alpha value is -3.68. The third kappa shape index (κ3) is 3.72. The average Bonchev–Trinajstić information content (AvgIpc) is 2.73. The molecule has 0 atom stereocenters. The topological polar surface area (TPSA) is 114 Å². The fourth-order valence-corrected chi connectivity index (χ4v) is 4.22. The van der Waals surface area contributed by atoms with E-state index in [0.717, 1.165) is 0 Å². The second kappa shape index (κ2) is 8.82. The Bertz CT molecular complexity index is 1220. The molecule has 8 heteroatoms. The lowest BCUT2D eigenvalue weighted by molar-refractivity contribution is 0.372. The molecule has 0 spiro atoms. The quantitative estimate of drug-likeness (QED) is 0.543. The summed E-state index contributed by atoms with van der Waals surface area (Å²) in [6, 6.07) is 7.34. The molecule has 0 unspecified atom stereocenters. The predicted molar refractivity (Wildman–Crippen MR) is 121 cm³/mol. The summed E-state index contributed by atoms with van der Waals surface area (Å²) in [5, 5.41) is 31.7. The van der Waals surface area contributed by atoms with Crippen molar-refractivity contribution in [1.29, 1.82) is 0 Å². The molecule has 0 saturated carbocycles. The van der Waals surface area contributed by atoms with Gasteiger partial charge in [0, 0.05) is 24.5 Å². The van der Waals surface area contributed by atoms with E-state index >= 15 is 0 Å². The summed E-state index contributed by atoms with van der Waals surface area (Å²) in [5.41, 5.74) is 0.527. The lowest BCUT2D eigenvalue weighted by Gasteiger charge is -2.23. The molecule has 0 radical (unpaired) electrons. The number of hydrogen-bond acceptors (Lipinski definition) is 6. The Morgan fingerprint density at radius 1 is 0.812 bits per heavy atom. The van der Waals surface area contributed by atoms with Crippen LogP contribution < -0.4 is 15.9 Å². The van der Waals surface area contributed by atoms with Crippen molar-refractivity contribution in [1.82, 2.24) is 9.13 Å². The number of hydrogen-bond donors (Lipinski definition) is 3. The van der Waals surface area contributed by atoms with E-state index in [1.54, 1.807) is 27.7 Å². The molecule has 170 valence electrons. The number of phenolic OH excluding ortho intramolecular Hbond substituents is 1. The van der Waals surface area contributed by atoms with Crippen molar-refractivity contribution in [3.63, 3.8) is 0 Å². The van der Waals surface area contributed by atoms with E-state index in [2.05, 4.69) is 0 Å². The van der Waals surface area contributed by atoms with Crippen LogP contribution in [0.25, 0.3) is 0 Å². The number of benzene rings is 1. The first kappa shape index (κ1) is 23.0. The fourth-order valence-electron chi connectivity index (χ4n) is 4.22. The van der Waals surface area contributed by atoms with Gasteiger partial charge in [-0.15, -0.1) is 0 Å². The number of methoxy groups -OCH3 is 1. The van der Waals surface area contributed by atoms with Crippen molar-refractivity contribution >= 4 is 0 Å². The van der Waals surface area contributed by atoms with Gasteiger partial charge >= 0.3 is 0 Å². The monoisotopic (exact) mass is 440 g/mol. The molecule has 0 aliphatic heterocycles. The highest BCUT2D eigenvalue weighted by Gasteiger charge is 2.31. The average molecular weight is 440 g/mol. The first-order valence-corrected chi connectivity index (χ1v) is 10.4. The van der Waals surface area contributed by atoms with Gasteiger partial charge in [0.1, 0.15) is 11.5 Å². The molecule has 3 N–H and O–H groups in total. The first-order valence-electron chi connectivity index (χ1n) is 10.4. The van der Waals surface area contributed by atoms with Crippen molar-refractivity contribution in [2.75, 3.05) is 7.11 Å². The molecule has 0 saturated heterocycles. The Kier molecular flexibility index (Phi) is 6.34. The van der Waals surface area contributed by atoms with Crippen LogP contribution in [0.5, 0.6) is 23.0 Å². The van der Waals surface area contributed by atoms with E-state index in [1.807, 2.05) is 0 Å². The van der Waals surface area contributed by atoms with E-state index in [1.165, 1.54) is 46.6 Å². The van der Waals surface area contributed by atoms with Crippen LogP contribution in [-0.4, -0.2) is 31.6 Å². The van der Waals surface area contributed by atoms with Crippen molar-refractivity contribution in [3.05, 3.63) is 79.1 Å². The number of rotatable bonds is 6. The molecule has 3 aromatic rings. The summed E-state index contributed by atoms with van der Waals surface area (Å²) < 4.78 is 8.19. The smallest absolute Gasteiger partial charge is 0.258 e. The van der Waals surface area contributed by atoms with Crippen LogP contribution in [0.1, 0.15) is 47.8 Å². The van der Waals surface area contributed by atoms with Crippen LogP contribution >= 0.6 is 0 Å². The van der Waals surface area contributed by atoms with Crippen LogP contribution in [0.15, 0.2) is 39.9 Å². The maximum atomic E-state index is 13.4. The first-order chi connectivity index (χ1) is 15.2. The lowest BCUT2D eigenvalue weighted by atomic mass is 9.84. The van der Waals surface area contributed by atoms with Gasteiger partial charge in [-0.25, -0.2) is 0 Å². The molecule has 2 heterocycles. The number of aryl methyl sites for hydroxylation is 2. The van der Waals surface area contributed by atoms with E-state index < -0.39 is 17.0 Å². The standard InChI is InChI=1S/C24H28N2O6/c1-6-25-13(3)10-17(28)21(23(25)30)20(15-8-9-16(27)19(12-15)32-5)22-18(29)11-14(4)26(7-2)24(22)31/h8-12,20,27-29H,6-7H2,1-5H3. The Morgan fingerprint density at radius 3 is 1.69 bits per heavy atom. The zero-order valence-corrected chi connectivity index (χ0v) is 18.8. The minimum Gasteiger partial charge on any atom is -0.507 e. The van der Waals surface area contributed by atoms with Gasteiger partial charge in [-0.05, 0) is 57.5 Å². The summed E-state index contributed by atoms with van der Waals surface area (Å²) in [6.07, 6.45) is 0. The third-order valence-corrected chi connectivity index (χ3v) is 5.79. The summed E-state index contributed by atoms with van der Waals surface area (Å²) >= 11 is 0. The largest absolute Gasteiger partial charge is 0.507 e. The number of pyridine rings is 2. The minimum atomic E-state index is -1.10. The van der Waals surface area contributed by atoms with Gasteiger partial charge in [0.2, 0.25) is 0 Å². The highest BCUT2D eigenvalue weighted by Crippen LogP contribution is 2.40. The van der Waals surface area contributed by atoms with Gasteiger partial charge in [0.05, 0.1) is 24.2 Å². The van der Waals surface area contributed by atoms with E-state index in [0.29, 0.717) is 30.0 Å². The van der Waals surface area contributed by atoms with Crippen molar-refractivity contribution < 1.29 is 20.1 Å². The van der Waals surface area contributed by atoms with Gasteiger partial charge in [-0.2, -0.15) is 0 Å². The number of ether oxygens (including phenoxy) is 1. The number of phenols is 1. The Morgan fingerprint density at radius 2 is 1.28 bits per heavy atom. The van der Waals surface area contributed by atoms with Crippen LogP contribution in [0.3, 0.4) is 0 Å². The van der Waals surface area contributed by atoms with Crippen LogP contribution in [0, 0.1) is 13.8 Å². The van der Waals surface area contributed by atoms with Gasteiger partial charge in [-0.3, -0.25) is 9.59 Å². The van der Waals surface area contributed by atoms with Crippen LogP contribution in [0.2, 0.25) is 0 Å². The van der Waals surface area contributed by atoms with E-state index in [-0.39, 0.29) is 34.1 Å². The Labute approximate surface area is 185 Å². The van der Waals surface area contributed by atoms with Crippen molar-refractivity contribution in [2.45, 2.75) is 46.7 Å². The van der Waals surface area contributed by atoms with Gasteiger partial charge in [0.15, 0.2) is 11.5 Å². The highest BCUT2D eigenvalue weighted by atomic mass is 16.5. The maximum Gasteiger partial charge on any atom is 0.258 e. The van der Waals surface area contributed by atoms with E-state index in [9.17, 15) is 24.9 Å². The van der Waals surface area contributed by atoms with Crippen LogP contribution in [0.4, 0.5) is 0 Å².